The van der Waals surface area contributed by atoms with Gasteiger partial charge in [0.15, 0.2) is 0 Å². The van der Waals surface area contributed by atoms with Crippen molar-refractivity contribution in [1.29, 1.82) is 0 Å². The molecule has 0 radical (unpaired) electrons. The van der Waals surface area contributed by atoms with Gasteiger partial charge in [-0.3, -0.25) is 4.90 Å². The van der Waals surface area contributed by atoms with Crippen LogP contribution in [-0.4, -0.2) is 41.6 Å². The van der Waals surface area contributed by atoms with Crippen LogP contribution in [-0.2, 0) is 6.42 Å². The summed E-state index contributed by atoms with van der Waals surface area (Å²) in [5, 5.41) is 0. The van der Waals surface area contributed by atoms with E-state index in [0.29, 0.717) is 12.1 Å². The van der Waals surface area contributed by atoms with Crippen molar-refractivity contribution < 1.29 is 0 Å². The molecular formula is C13H19N3. The Kier molecular flexibility index (Phi) is 2.36. The molecule has 3 heterocycles. The lowest BCUT2D eigenvalue weighted by Gasteiger charge is -2.40. The highest BCUT2D eigenvalue weighted by atomic mass is 15.3. The first-order valence-electron chi connectivity index (χ1n) is 6.20. The maximum atomic E-state index is 4.52. The third-order valence-electron chi connectivity index (χ3n) is 3.84. The van der Waals surface area contributed by atoms with Crippen LogP contribution in [0, 0.1) is 0 Å². The van der Waals surface area contributed by atoms with Crippen molar-refractivity contribution in [2.45, 2.75) is 32.4 Å². The zero-order valence-electron chi connectivity index (χ0n) is 10.1. The summed E-state index contributed by atoms with van der Waals surface area (Å²) in [5.74, 6) is 1.23. The molecule has 0 spiro atoms. The largest absolute Gasteiger partial charge is 0.350 e. The lowest BCUT2D eigenvalue weighted by atomic mass is 10.1. The molecular weight excluding hydrogens is 198 g/mol. The molecule has 1 atom stereocenters. The van der Waals surface area contributed by atoms with Crippen molar-refractivity contribution in [3.05, 3.63) is 23.9 Å². The van der Waals surface area contributed by atoms with E-state index in [2.05, 4.69) is 40.8 Å². The molecule has 2 aliphatic rings. The summed E-state index contributed by atoms with van der Waals surface area (Å²) in [6, 6.07) is 5.59. The van der Waals surface area contributed by atoms with Gasteiger partial charge in [0.2, 0.25) is 0 Å². The minimum Gasteiger partial charge on any atom is -0.350 e. The Hall–Kier alpha value is -1.09. The van der Waals surface area contributed by atoms with Gasteiger partial charge in [-0.05, 0) is 31.9 Å². The fraction of sp³-hybridized carbons (Fsp3) is 0.615. The molecule has 3 heteroatoms. The van der Waals surface area contributed by atoms with E-state index in [-0.39, 0.29) is 0 Å². The number of aromatic nitrogens is 1. The smallest absolute Gasteiger partial charge is 0.132 e. The van der Waals surface area contributed by atoms with Gasteiger partial charge < -0.3 is 4.90 Å². The molecule has 2 aliphatic heterocycles. The van der Waals surface area contributed by atoms with Crippen LogP contribution in [0.25, 0.3) is 0 Å². The van der Waals surface area contributed by atoms with E-state index < -0.39 is 0 Å². The molecule has 1 fully saturated rings. The minimum absolute atomic E-state index is 0.654. The number of hydrogen-bond acceptors (Lipinski definition) is 3. The molecule has 0 aromatic carbocycles. The fourth-order valence-corrected chi connectivity index (χ4v) is 2.90. The third kappa shape index (κ3) is 1.50. The predicted octanol–water partition coefficient (Wildman–Crippen LogP) is 1.54. The molecule has 1 aromatic rings. The van der Waals surface area contributed by atoms with E-state index in [9.17, 15) is 0 Å². The van der Waals surface area contributed by atoms with E-state index in [4.69, 9.17) is 0 Å². The van der Waals surface area contributed by atoms with Gasteiger partial charge in [0.25, 0.3) is 0 Å². The summed E-state index contributed by atoms with van der Waals surface area (Å²) in [5.41, 5.74) is 1.43. The van der Waals surface area contributed by atoms with Crippen molar-refractivity contribution in [3.63, 3.8) is 0 Å². The van der Waals surface area contributed by atoms with Crippen LogP contribution in [0.1, 0.15) is 19.4 Å². The number of piperazine rings is 1. The van der Waals surface area contributed by atoms with Crippen LogP contribution in [0.15, 0.2) is 18.3 Å². The summed E-state index contributed by atoms with van der Waals surface area (Å²) in [7, 11) is 0. The predicted molar refractivity (Wildman–Crippen MR) is 65.8 cm³/mol. The SMILES string of the molecule is CC(C)N1CCN2c3ncccc3CC2C1. The Morgan fingerprint density at radius 1 is 1.38 bits per heavy atom. The minimum atomic E-state index is 0.654. The molecule has 3 nitrogen and oxygen atoms in total. The summed E-state index contributed by atoms with van der Waals surface area (Å²) in [6.45, 7) is 8.07. The number of nitrogens with zero attached hydrogens (tertiary/aromatic N) is 3. The number of pyridine rings is 1. The Morgan fingerprint density at radius 2 is 2.25 bits per heavy atom. The lowest BCUT2D eigenvalue weighted by Crippen LogP contribution is -2.53. The fourth-order valence-electron chi connectivity index (χ4n) is 2.90. The molecule has 0 N–H and O–H groups in total. The van der Waals surface area contributed by atoms with Crippen molar-refractivity contribution >= 4 is 5.82 Å². The maximum Gasteiger partial charge on any atom is 0.132 e. The van der Waals surface area contributed by atoms with Crippen LogP contribution in [0.3, 0.4) is 0 Å². The zero-order valence-corrected chi connectivity index (χ0v) is 10.1. The van der Waals surface area contributed by atoms with Crippen molar-refractivity contribution in [2.75, 3.05) is 24.5 Å². The van der Waals surface area contributed by atoms with E-state index >= 15 is 0 Å². The van der Waals surface area contributed by atoms with Crippen LogP contribution >= 0.6 is 0 Å². The van der Waals surface area contributed by atoms with Gasteiger partial charge in [0, 0.05) is 37.9 Å². The van der Waals surface area contributed by atoms with E-state index in [1.54, 1.807) is 0 Å². The number of anilines is 1. The first kappa shape index (κ1) is 10.1. The normalized spacial score (nSPS) is 24.7. The summed E-state index contributed by atoms with van der Waals surface area (Å²) >= 11 is 0. The molecule has 86 valence electrons. The van der Waals surface area contributed by atoms with Gasteiger partial charge in [0.1, 0.15) is 5.82 Å². The Labute approximate surface area is 97.1 Å². The molecule has 0 amide bonds. The third-order valence-corrected chi connectivity index (χ3v) is 3.84. The molecule has 0 saturated carbocycles. The highest BCUT2D eigenvalue weighted by Gasteiger charge is 2.35. The van der Waals surface area contributed by atoms with E-state index in [1.165, 1.54) is 30.9 Å². The second kappa shape index (κ2) is 3.74. The summed E-state index contributed by atoms with van der Waals surface area (Å²) in [6.07, 6.45) is 3.09. The average molecular weight is 217 g/mol. The molecule has 1 saturated heterocycles. The van der Waals surface area contributed by atoms with Gasteiger partial charge in [0.05, 0.1) is 0 Å². The molecule has 3 rings (SSSR count). The van der Waals surface area contributed by atoms with Crippen LogP contribution in [0.4, 0.5) is 5.82 Å². The first-order valence-corrected chi connectivity index (χ1v) is 6.20. The maximum absolute atomic E-state index is 4.52. The highest BCUT2D eigenvalue weighted by molar-refractivity contribution is 5.54. The molecule has 16 heavy (non-hydrogen) atoms. The Bertz CT molecular complexity index is 389. The van der Waals surface area contributed by atoms with Crippen molar-refractivity contribution in [2.24, 2.45) is 0 Å². The quantitative estimate of drug-likeness (QED) is 0.711. The average Bonchev–Trinajstić information content (AvgIpc) is 2.66. The number of rotatable bonds is 1. The Balaban J connectivity index is 1.82. The zero-order chi connectivity index (χ0) is 11.1. The standard InChI is InChI=1S/C13H19N3/c1-10(2)15-6-7-16-12(9-15)8-11-4-3-5-14-13(11)16/h3-5,10,12H,6-9H2,1-2H3. The summed E-state index contributed by atoms with van der Waals surface area (Å²) in [4.78, 5) is 9.59. The monoisotopic (exact) mass is 217 g/mol. The second-order valence-corrected chi connectivity index (χ2v) is 5.13. The van der Waals surface area contributed by atoms with Gasteiger partial charge in [-0.1, -0.05) is 6.07 Å². The molecule has 0 bridgehead atoms. The van der Waals surface area contributed by atoms with Gasteiger partial charge >= 0.3 is 0 Å². The number of hydrogen-bond donors (Lipinski definition) is 0. The highest BCUT2D eigenvalue weighted by Crippen LogP contribution is 2.32. The van der Waals surface area contributed by atoms with Gasteiger partial charge in [-0.15, -0.1) is 0 Å². The first-order chi connectivity index (χ1) is 7.75. The number of fused-ring (bicyclic) bond motifs is 3. The lowest BCUT2D eigenvalue weighted by molar-refractivity contribution is 0.184. The van der Waals surface area contributed by atoms with E-state index in [1.807, 2.05) is 6.20 Å². The Morgan fingerprint density at radius 3 is 3.06 bits per heavy atom. The molecule has 1 unspecified atom stereocenters. The van der Waals surface area contributed by atoms with Crippen LogP contribution < -0.4 is 4.90 Å². The molecule has 1 aromatic heterocycles. The van der Waals surface area contributed by atoms with Gasteiger partial charge in [-0.25, -0.2) is 4.98 Å². The second-order valence-electron chi connectivity index (χ2n) is 5.13. The van der Waals surface area contributed by atoms with Gasteiger partial charge in [-0.2, -0.15) is 0 Å². The molecule has 0 aliphatic carbocycles. The van der Waals surface area contributed by atoms with Crippen molar-refractivity contribution in [1.82, 2.24) is 9.88 Å². The van der Waals surface area contributed by atoms with E-state index in [0.717, 1.165) is 6.54 Å². The van der Waals surface area contributed by atoms with Crippen LogP contribution in [0.2, 0.25) is 0 Å². The summed E-state index contributed by atoms with van der Waals surface area (Å²) < 4.78 is 0. The topological polar surface area (TPSA) is 19.4 Å². The van der Waals surface area contributed by atoms with Crippen LogP contribution in [0.5, 0.6) is 0 Å². The van der Waals surface area contributed by atoms with Crippen molar-refractivity contribution in [3.8, 4) is 0 Å².